The minimum absolute atomic E-state index is 0.0125. The maximum Gasteiger partial charge on any atom is 0.410 e. The Morgan fingerprint density at radius 3 is 2.42 bits per heavy atom. The Labute approximate surface area is 371 Å². The number of nitrogens with one attached hydrogen (secondary N) is 1. The number of aryl methyl sites for hydroxylation is 1. The lowest BCUT2D eigenvalue weighted by atomic mass is 9.78. The molecule has 0 bridgehead atoms. The molecule has 16 nitrogen and oxygen atoms in total. The molecule has 0 radical (unpaired) electrons. The largest absolute Gasteiger partial charge is 0.458 e. The number of unbranched alkanes of at least 4 members (excludes halogenated alkanes) is 1. The number of nitrogen functional groups attached to an aromatic ring is 1. The molecule has 13 atom stereocenters. The van der Waals surface area contributed by atoms with E-state index in [4.69, 9.17) is 29.4 Å². The lowest BCUT2D eigenvalue weighted by Gasteiger charge is -2.46. The summed E-state index contributed by atoms with van der Waals surface area (Å²) in [6, 6.07) is 6.46. The predicted molar refractivity (Wildman–Crippen MR) is 237 cm³/mol. The maximum atomic E-state index is 14.4. The van der Waals surface area contributed by atoms with E-state index < -0.39 is 71.5 Å². The van der Waals surface area contributed by atoms with Crippen LogP contribution in [-0.4, -0.2) is 148 Å². The number of nitrogens with two attached hydrogens (primary N) is 1. The van der Waals surface area contributed by atoms with Gasteiger partial charge in [-0.15, -0.1) is 5.10 Å². The van der Waals surface area contributed by atoms with Gasteiger partial charge in [-0.25, -0.2) is 4.79 Å². The lowest BCUT2D eigenvalue weighted by Crippen LogP contribution is -2.61. The quantitative estimate of drug-likeness (QED) is 0.111. The number of rotatable bonds is 11. The van der Waals surface area contributed by atoms with Crippen LogP contribution in [0.5, 0.6) is 0 Å². The van der Waals surface area contributed by atoms with Crippen molar-refractivity contribution in [2.75, 3.05) is 46.3 Å². The summed E-state index contributed by atoms with van der Waals surface area (Å²) < 4.78 is 43.5. The van der Waals surface area contributed by atoms with E-state index in [1.54, 1.807) is 23.6 Å². The summed E-state index contributed by atoms with van der Waals surface area (Å²) in [7, 11) is 5.39. The minimum atomic E-state index is -1.23. The van der Waals surface area contributed by atoms with Crippen molar-refractivity contribution in [3.05, 3.63) is 30.5 Å². The van der Waals surface area contributed by atoms with Crippen molar-refractivity contribution in [1.82, 2.24) is 30.1 Å². The maximum absolute atomic E-state index is 14.4. The summed E-state index contributed by atoms with van der Waals surface area (Å²) in [4.78, 5) is 45.9. The second kappa shape index (κ2) is 22.5. The highest BCUT2D eigenvalue weighted by Crippen LogP contribution is 2.40. The molecule has 3 unspecified atom stereocenters. The summed E-state index contributed by atoms with van der Waals surface area (Å²) in [5, 5.41) is 23.7. The summed E-state index contributed by atoms with van der Waals surface area (Å²) in [5.74, 6) is -3.16. The van der Waals surface area contributed by atoms with Crippen molar-refractivity contribution in [2.24, 2.45) is 17.8 Å². The molecule has 3 aliphatic rings. The number of esters is 1. The monoisotopic (exact) mass is 894 g/mol. The SMILES string of the molecule is CC[C@H]1OC(=O)C(C)C(=O)[C@@H](C)[C@@H](O[C@@H]2O[C@H](C)CC(N(C)C)C2O)[C@](C)(OC)C[C@@H](C)CN[C@H](C)[C@H]2N(CCCCn3cc(-c4cccc(N)c4)nn3)C(=O)O[C@]12C.CSF. The average Bonchev–Trinajstić information content (AvgIpc) is 3.80. The number of halogens is 1. The fourth-order valence-corrected chi connectivity index (χ4v) is 9.45. The molecule has 62 heavy (non-hydrogen) atoms. The van der Waals surface area contributed by atoms with Gasteiger partial charge in [0.1, 0.15) is 23.8 Å². The number of fused-ring (bicyclic) bond motifs is 1. The van der Waals surface area contributed by atoms with Gasteiger partial charge in [-0.05, 0) is 105 Å². The molecule has 1 aromatic carbocycles. The van der Waals surface area contributed by atoms with Gasteiger partial charge in [-0.1, -0.05) is 38.1 Å². The van der Waals surface area contributed by atoms with Crippen molar-refractivity contribution in [1.29, 1.82) is 0 Å². The Morgan fingerprint density at radius 2 is 1.79 bits per heavy atom. The molecule has 5 rings (SSSR count). The fraction of sp³-hybridized carbons (Fsp3) is 0.750. The first kappa shape index (κ1) is 51.2. The van der Waals surface area contributed by atoms with E-state index >= 15 is 0 Å². The molecule has 3 saturated heterocycles. The van der Waals surface area contributed by atoms with Gasteiger partial charge < -0.3 is 44.7 Å². The van der Waals surface area contributed by atoms with Gasteiger partial charge in [0.15, 0.2) is 17.7 Å². The Hall–Kier alpha value is -3.39. The summed E-state index contributed by atoms with van der Waals surface area (Å²) in [6.45, 7) is 16.4. The fourth-order valence-electron chi connectivity index (χ4n) is 9.45. The molecular formula is C44H72FN7O9S. The molecule has 0 saturated carbocycles. The number of aliphatic hydroxyl groups is 1. The highest BCUT2D eigenvalue weighted by molar-refractivity contribution is 7.93. The number of ether oxygens (including phenoxy) is 5. The van der Waals surface area contributed by atoms with Crippen LogP contribution in [-0.2, 0) is 39.8 Å². The van der Waals surface area contributed by atoms with Crippen LogP contribution in [0.1, 0.15) is 87.5 Å². The van der Waals surface area contributed by atoms with Crippen molar-refractivity contribution < 1.29 is 47.1 Å². The van der Waals surface area contributed by atoms with E-state index in [-0.39, 0.29) is 36.3 Å². The van der Waals surface area contributed by atoms with Crippen molar-refractivity contribution in [3.8, 4) is 11.3 Å². The topological polar surface area (TPSA) is 193 Å². The van der Waals surface area contributed by atoms with Gasteiger partial charge in [0, 0.05) is 67.9 Å². The molecule has 0 spiro atoms. The van der Waals surface area contributed by atoms with E-state index in [0.717, 1.165) is 11.3 Å². The Morgan fingerprint density at radius 1 is 1.11 bits per heavy atom. The number of benzene rings is 1. The number of Topliss-reactive ketones (excluding diaryl/α,β-unsaturated/α-hetero) is 1. The second-order valence-corrected chi connectivity index (χ2v) is 18.3. The first-order valence-electron chi connectivity index (χ1n) is 21.8. The molecule has 2 aromatic rings. The second-order valence-electron chi connectivity index (χ2n) is 17.9. The van der Waals surface area contributed by atoms with E-state index in [1.807, 2.05) is 84.1 Å². The lowest BCUT2D eigenvalue weighted by molar-refractivity contribution is -0.295. The van der Waals surface area contributed by atoms with Gasteiger partial charge in [0.05, 0.1) is 30.0 Å². The summed E-state index contributed by atoms with van der Waals surface area (Å²) >= 11 is 0.250. The van der Waals surface area contributed by atoms with E-state index in [9.17, 15) is 23.4 Å². The van der Waals surface area contributed by atoms with Crippen LogP contribution < -0.4 is 11.1 Å². The average molecular weight is 894 g/mol. The van der Waals surface area contributed by atoms with Crippen LogP contribution >= 0.6 is 12.1 Å². The molecule has 350 valence electrons. The van der Waals surface area contributed by atoms with Crippen molar-refractivity contribution in [2.45, 2.75) is 154 Å². The zero-order valence-corrected chi connectivity index (χ0v) is 39.5. The van der Waals surface area contributed by atoms with E-state index in [2.05, 4.69) is 22.6 Å². The number of carbonyl (C=O) groups excluding carboxylic acids is 3. The smallest absolute Gasteiger partial charge is 0.410 e. The molecule has 3 aliphatic heterocycles. The summed E-state index contributed by atoms with van der Waals surface area (Å²) in [5.41, 5.74) is 5.95. The molecule has 4 heterocycles. The van der Waals surface area contributed by atoms with Gasteiger partial charge in [-0.2, -0.15) is 3.89 Å². The van der Waals surface area contributed by atoms with Gasteiger partial charge in [0.2, 0.25) is 0 Å². The number of likely N-dealkylation sites (N-methyl/N-ethyl adjacent to an activating group) is 1. The van der Waals surface area contributed by atoms with Crippen molar-refractivity contribution in [3.63, 3.8) is 0 Å². The summed E-state index contributed by atoms with van der Waals surface area (Å²) in [6.07, 6.45) is 1.57. The standard InChI is InChI=1S/C43H69N7O9.CH3FS/c1-12-34-43(8)37(50(41(54)59-43)19-14-13-18-49-24-32(46-47-49)30-16-15-17-31(44)21-30)29(6)45-23-25(2)22-42(7,55-11)38(27(4)35(51)28(5)39(53)57-34)58-40-36(52)33(48(9)10)20-26(3)56-40;1-3-2/h15-17,21,24-29,33-34,36-38,40,45,52H,12-14,18-20,22-23,44H2,1-11H3;1H3/t25-,26-,27-,28?,29-,33?,34-,36?,37-,38-,40+,42-,43-;/m1./s1. The highest BCUT2D eigenvalue weighted by atomic mass is 32.2. The third kappa shape index (κ3) is 12.0. The number of aromatic nitrogens is 3. The van der Waals surface area contributed by atoms with Crippen LogP contribution in [0, 0.1) is 17.8 Å². The number of nitrogens with zero attached hydrogens (tertiary/aromatic N) is 5. The van der Waals surface area contributed by atoms with E-state index in [1.165, 1.54) is 13.2 Å². The Bertz CT molecular complexity index is 1780. The molecule has 0 aliphatic carbocycles. The van der Waals surface area contributed by atoms with Crippen LogP contribution in [0.2, 0.25) is 0 Å². The van der Waals surface area contributed by atoms with E-state index in [0.29, 0.717) is 57.4 Å². The van der Waals surface area contributed by atoms with Crippen LogP contribution in [0.3, 0.4) is 0 Å². The Balaban J connectivity index is 0.00000273. The molecule has 1 aromatic heterocycles. The molecule has 18 heteroatoms. The highest BCUT2D eigenvalue weighted by Gasteiger charge is 2.58. The predicted octanol–water partition coefficient (Wildman–Crippen LogP) is 5.52. The number of cyclic esters (lactones) is 1. The number of methoxy groups -OCH3 is 1. The van der Waals surface area contributed by atoms with Gasteiger partial charge in [0.25, 0.3) is 0 Å². The minimum Gasteiger partial charge on any atom is -0.458 e. The van der Waals surface area contributed by atoms with Crippen molar-refractivity contribution >= 4 is 35.7 Å². The third-order valence-corrected chi connectivity index (χ3v) is 12.8. The number of anilines is 1. The molecule has 1 amide bonds. The third-order valence-electron chi connectivity index (χ3n) is 12.8. The number of carbonyl (C=O) groups is 3. The van der Waals surface area contributed by atoms with Gasteiger partial charge >= 0.3 is 12.1 Å². The van der Waals surface area contributed by atoms with Crippen LogP contribution in [0.15, 0.2) is 30.5 Å². The zero-order valence-electron chi connectivity index (χ0n) is 38.7. The zero-order chi connectivity index (χ0) is 46.1. The Kier molecular flexibility index (Phi) is 18.6. The first-order valence-corrected chi connectivity index (χ1v) is 23.0. The first-order chi connectivity index (χ1) is 29.2. The number of hydrogen-bond acceptors (Lipinski definition) is 15. The number of ketones is 1. The van der Waals surface area contributed by atoms with Crippen LogP contribution in [0.25, 0.3) is 11.3 Å². The molecule has 3 fully saturated rings. The number of aliphatic hydroxyl groups excluding tert-OH is 1. The molecule has 4 N–H and O–H groups in total. The van der Waals surface area contributed by atoms with Gasteiger partial charge in [-0.3, -0.25) is 19.2 Å². The normalized spacial score (nSPS) is 35.0. The number of amides is 1. The molecular weight excluding hydrogens is 822 g/mol. The number of hydrogen-bond donors (Lipinski definition) is 3. The van der Waals surface area contributed by atoms with Crippen LogP contribution in [0.4, 0.5) is 14.4 Å².